The van der Waals surface area contributed by atoms with Crippen LogP contribution in [-0.2, 0) is 11.3 Å². The number of likely N-dealkylation sites (tertiary alicyclic amines) is 1. The van der Waals surface area contributed by atoms with E-state index in [2.05, 4.69) is 37.8 Å². The monoisotopic (exact) mass is 333 g/mol. The van der Waals surface area contributed by atoms with Crippen molar-refractivity contribution in [3.63, 3.8) is 0 Å². The minimum absolute atomic E-state index is 0.157. The Balaban J connectivity index is 2.24. The minimum Gasteiger partial charge on any atom is -0.494 e. The maximum Gasteiger partial charge on any atom is 0.304 e. The molecule has 4 nitrogen and oxygen atoms in total. The van der Waals surface area contributed by atoms with Gasteiger partial charge >= 0.3 is 5.97 Å². The van der Waals surface area contributed by atoms with Crippen molar-refractivity contribution >= 4 is 5.97 Å². The molecular weight excluding hydrogens is 302 g/mol. The summed E-state index contributed by atoms with van der Waals surface area (Å²) in [5.41, 5.74) is 3.76. The van der Waals surface area contributed by atoms with E-state index in [4.69, 9.17) is 4.74 Å². The van der Waals surface area contributed by atoms with Crippen LogP contribution in [0.4, 0.5) is 0 Å². The van der Waals surface area contributed by atoms with Crippen molar-refractivity contribution in [1.29, 1.82) is 0 Å². The van der Waals surface area contributed by atoms with Crippen LogP contribution in [0.3, 0.4) is 0 Å². The largest absolute Gasteiger partial charge is 0.494 e. The standard InChI is InChI=1S/C20H31NO3/c1-5-24-19-10-15(4)16(11-18(19)14(2)3)13-21-9-7-6-8-17(21)12-20(22)23/h10-11,14,17H,5-9,12-13H2,1-4H3,(H,22,23). The van der Waals surface area contributed by atoms with E-state index in [0.717, 1.165) is 38.1 Å². The van der Waals surface area contributed by atoms with Crippen LogP contribution in [0.2, 0.25) is 0 Å². The molecule has 0 aromatic heterocycles. The van der Waals surface area contributed by atoms with Gasteiger partial charge in [-0.05, 0) is 61.9 Å². The number of nitrogens with zero attached hydrogens (tertiary/aromatic N) is 1. The Labute approximate surface area is 145 Å². The summed E-state index contributed by atoms with van der Waals surface area (Å²) >= 11 is 0. The number of benzene rings is 1. The fraction of sp³-hybridized carbons (Fsp3) is 0.650. The molecule has 1 aliphatic rings. The number of carboxylic acids is 1. The SMILES string of the molecule is CCOc1cc(C)c(CN2CCCCC2CC(=O)O)cc1C(C)C. The smallest absolute Gasteiger partial charge is 0.304 e. The fourth-order valence-corrected chi connectivity index (χ4v) is 3.57. The Morgan fingerprint density at radius 2 is 2.12 bits per heavy atom. The summed E-state index contributed by atoms with van der Waals surface area (Å²) in [5, 5.41) is 9.17. The van der Waals surface area contributed by atoms with Gasteiger partial charge in [-0.2, -0.15) is 0 Å². The van der Waals surface area contributed by atoms with Gasteiger partial charge in [0.05, 0.1) is 13.0 Å². The van der Waals surface area contributed by atoms with Crippen molar-refractivity contribution < 1.29 is 14.6 Å². The lowest BCUT2D eigenvalue weighted by Crippen LogP contribution is -2.40. The molecule has 1 aromatic carbocycles. The van der Waals surface area contributed by atoms with E-state index in [1.54, 1.807) is 0 Å². The summed E-state index contributed by atoms with van der Waals surface area (Å²) in [7, 11) is 0. The normalized spacial score (nSPS) is 18.8. The van der Waals surface area contributed by atoms with Crippen LogP contribution in [0, 0.1) is 6.92 Å². The van der Waals surface area contributed by atoms with E-state index >= 15 is 0 Å². The van der Waals surface area contributed by atoms with E-state index in [-0.39, 0.29) is 12.5 Å². The number of hydrogen-bond donors (Lipinski definition) is 1. The Hall–Kier alpha value is -1.55. The summed E-state index contributed by atoms with van der Waals surface area (Å²) in [6.45, 7) is 11.0. The van der Waals surface area contributed by atoms with Gasteiger partial charge in [0.25, 0.3) is 0 Å². The number of aryl methyl sites for hydroxylation is 1. The van der Waals surface area contributed by atoms with Crippen LogP contribution in [0.1, 0.15) is 69.1 Å². The summed E-state index contributed by atoms with van der Waals surface area (Å²) in [6, 6.07) is 4.56. The van der Waals surface area contributed by atoms with Crippen LogP contribution in [0.25, 0.3) is 0 Å². The molecule has 0 radical (unpaired) electrons. The van der Waals surface area contributed by atoms with Crippen LogP contribution >= 0.6 is 0 Å². The van der Waals surface area contributed by atoms with Gasteiger partial charge in [0.15, 0.2) is 0 Å². The Bertz CT molecular complexity index is 568. The number of carboxylic acid groups (broad SMARTS) is 1. The zero-order valence-corrected chi connectivity index (χ0v) is 15.5. The third-order valence-electron chi connectivity index (χ3n) is 4.92. The quantitative estimate of drug-likeness (QED) is 0.806. The molecular formula is C20H31NO3. The summed E-state index contributed by atoms with van der Waals surface area (Å²) in [4.78, 5) is 13.5. The van der Waals surface area contributed by atoms with Gasteiger partial charge in [-0.15, -0.1) is 0 Å². The van der Waals surface area contributed by atoms with Gasteiger partial charge < -0.3 is 9.84 Å². The highest BCUT2D eigenvalue weighted by Crippen LogP contribution is 2.31. The van der Waals surface area contributed by atoms with Gasteiger partial charge in [-0.1, -0.05) is 26.3 Å². The Morgan fingerprint density at radius 1 is 1.38 bits per heavy atom. The van der Waals surface area contributed by atoms with E-state index in [9.17, 15) is 9.90 Å². The van der Waals surface area contributed by atoms with E-state index in [0.29, 0.717) is 12.5 Å². The van der Waals surface area contributed by atoms with Crippen LogP contribution in [0.15, 0.2) is 12.1 Å². The fourth-order valence-electron chi connectivity index (χ4n) is 3.57. The number of rotatable bonds is 7. The molecule has 1 aliphatic heterocycles. The first-order valence-corrected chi connectivity index (χ1v) is 9.14. The maximum absolute atomic E-state index is 11.1. The molecule has 1 unspecified atom stereocenters. The molecule has 0 saturated carbocycles. The predicted molar refractivity (Wildman–Crippen MR) is 96.7 cm³/mol. The maximum atomic E-state index is 11.1. The molecule has 0 aliphatic carbocycles. The van der Waals surface area contributed by atoms with Gasteiger partial charge in [0.2, 0.25) is 0 Å². The molecule has 1 saturated heterocycles. The van der Waals surface area contributed by atoms with Gasteiger partial charge in [-0.3, -0.25) is 9.69 Å². The van der Waals surface area contributed by atoms with Crippen LogP contribution in [0.5, 0.6) is 5.75 Å². The third-order valence-corrected chi connectivity index (χ3v) is 4.92. The van der Waals surface area contributed by atoms with Crippen molar-refractivity contribution in [2.75, 3.05) is 13.2 Å². The topological polar surface area (TPSA) is 49.8 Å². The molecule has 1 N–H and O–H groups in total. The second kappa shape index (κ2) is 8.52. The predicted octanol–water partition coefficient (Wildman–Crippen LogP) is 4.35. The van der Waals surface area contributed by atoms with Crippen molar-refractivity contribution in [3.8, 4) is 5.75 Å². The molecule has 4 heteroatoms. The van der Waals surface area contributed by atoms with Crippen molar-refractivity contribution in [1.82, 2.24) is 4.90 Å². The van der Waals surface area contributed by atoms with Crippen LogP contribution in [-0.4, -0.2) is 35.2 Å². The molecule has 134 valence electrons. The average molecular weight is 333 g/mol. The third kappa shape index (κ3) is 4.73. The number of piperidine rings is 1. The molecule has 24 heavy (non-hydrogen) atoms. The Kier molecular flexibility index (Phi) is 6.67. The zero-order chi connectivity index (χ0) is 17.7. The number of hydrogen-bond acceptors (Lipinski definition) is 3. The summed E-state index contributed by atoms with van der Waals surface area (Å²) in [6.07, 6.45) is 3.52. The van der Waals surface area contributed by atoms with E-state index < -0.39 is 5.97 Å². The first-order chi connectivity index (χ1) is 11.4. The molecule has 1 atom stereocenters. The van der Waals surface area contributed by atoms with E-state index in [1.165, 1.54) is 16.7 Å². The van der Waals surface area contributed by atoms with Crippen LogP contribution < -0.4 is 4.74 Å². The molecule has 1 heterocycles. The van der Waals surface area contributed by atoms with Gasteiger partial charge in [-0.25, -0.2) is 0 Å². The van der Waals surface area contributed by atoms with Crippen molar-refractivity contribution in [2.24, 2.45) is 0 Å². The molecule has 0 bridgehead atoms. The first kappa shape index (κ1) is 18.8. The van der Waals surface area contributed by atoms with Crippen molar-refractivity contribution in [3.05, 3.63) is 28.8 Å². The molecule has 1 aromatic rings. The lowest BCUT2D eigenvalue weighted by molar-refractivity contribution is -0.138. The highest BCUT2D eigenvalue weighted by atomic mass is 16.5. The number of carbonyl (C=O) groups is 1. The zero-order valence-electron chi connectivity index (χ0n) is 15.5. The summed E-state index contributed by atoms with van der Waals surface area (Å²) in [5.74, 6) is 0.690. The van der Waals surface area contributed by atoms with Gasteiger partial charge in [0.1, 0.15) is 5.75 Å². The second-order valence-corrected chi connectivity index (χ2v) is 7.12. The first-order valence-electron chi connectivity index (χ1n) is 9.14. The summed E-state index contributed by atoms with van der Waals surface area (Å²) < 4.78 is 5.81. The number of ether oxygens (including phenoxy) is 1. The molecule has 1 fully saturated rings. The Morgan fingerprint density at radius 3 is 2.75 bits per heavy atom. The highest BCUT2D eigenvalue weighted by Gasteiger charge is 2.25. The molecule has 0 spiro atoms. The lowest BCUT2D eigenvalue weighted by atomic mass is 9.94. The lowest BCUT2D eigenvalue weighted by Gasteiger charge is -2.35. The minimum atomic E-state index is -0.696. The molecule has 2 rings (SSSR count). The van der Waals surface area contributed by atoms with Gasteiger partial charge in [0, 0.05) is 12.6 Å². The average Bonchev–Trinajstić information content (AvgIpc) is 2.51. The number of aliphatic carboxylic acids is 1. The molecule has 0 amide bonds. The van der Waals surface area contributed by atoms with Crippen molar-refractivity contribution in [2.45, 2.75) is 71.9 Å². The highest BCUT2D eigenvalue weighted by molar-refractivity contribution is 5.67. The second-order valence-electron chi connectivity index (χ2n) is 7.12. The van der Waals surface area contributed by atoms with E-state index in [1.807, 2.05) is 6.92 Å².